The van der Waals surface area contributed by atoms with Gasteiger partial charge in [-0.25, -0.2) is 0 Å². The summed E-state index contributed by atoms with van der Waals surface area (Å²) in [6, 6.07) is -0.852. The van der Waals surface area contributed by atoms with Crippen LogP contribution >= 0.6 is 11.3 Å². The van der Waals surface area contributed by atoms with Crippen LogP contribution in [0.25, 0.3) is 0 Å². The lowest BCUT2D eigenvalue weighted by Crippen LogP contribution is -2.46. The Morgan fingerprint density at radius 2 is 1.91 bits per heavy atom. The number of aromatic nitrogens is 2. The van der Waals surface area contributed by atoms with Crippen molar-refractivity contribution in [1.82, 2.24) is 15.1 Å². The van der Waals surface area contributed by atoms with Crippen molar-refractivity contribution in [1.29, 1.82) is 0 Å². The molecule has 23 heavy (non-hydrogen) atoms. The number of anilines is 1. The van der Waals surface area contributed by atoms with Gasteiger partial charge in [0.05, 0.1) is 11.8 Å². The molecule has 0 radical (unpaired) electrons. The molecule has 0 unspecified atom stereocenters. The number of aryl methyl sites for hydroxylation is 1. The second kappa shape index (κ2) is 6.19. The van der Waals surface area contributed by atoms with Gasteiger partial charge < -0.3 is 0 Å². The lowest BCUT2D eigenvalue weighted by atomic mass is 9.85. The minimum atomic E-state index is -0.852. The van der Waals surface area contributed by atoms with Crippen LogP contribution in [0.15, 0.2) is 12.2 Å². The molecule has 1 aliphatic carbocycles. The van der Waals surface area contributed by atoms with Crippen molar-refractivity contribution in [3.05, 3.63) is 17.2 Å². The van der Waals surface area contributed by atoms with E-state index in [1.807, 2.05) is 19.1 Å². The first kappa shape index (κ1) is 15.8. The van der Waals surface area contributed by atoms with Gasteiger partial charge in [0.2, 0.25) is 22.9 Å². The first-order valence-electron chi connectivity index (χ1n) is 7.68. The Kier molecular flexibility index (Phi) is 4.25. The van der Waals surface area contributed by atoms with E-state index in [2.05, 4.69) is 15.5 Å². The molecule has 1 aromatic heterocycles. The highest BCUT2D eigenvalue weighted by Gasteiger charge is 2.50. The Morgan fingerprint density at radius 1 is 1.30 bits per heavy atom. The van der Waals surface area contributed by atoms with Crippen LogP contribution in [0.2, 0.25) is 0 Å². The average molecular weight is 334 g/mol. The molecule has 1 aliphatic heterocycles. The van der Waals surface area contributed by atoms with Crippen molar-refractivity contribution < 1.29 is 14.4 Å². The van der Waals surface area contributed by atoms with E-state index in [1.165, 1.54) is 11.3 Å². The van der Waals surface area contributed by atoms with Crippen LogP contribution in [-0.2, 0) is 20.8 Å². The number of rotatable bonds is 4. The minimum Gasteiger partial charge on any atom is -0.299 e. The third-order valence-electron chi connectivity index (χ3n) is 4.31. The molecule has 7 nitrogen and oxygen atoms in total. The maximum Gasteiger partial charge on any atom is 0.249 e. The van der Waals surface area contributed by atoms with E-state index in [0.29, 0.717) is 18.0 Å². The second-order valence-electron chi connectivity index (χ2n) is 5.72. The summed E-state index contributed by atoms with van der Waals surface area (Å²) in [5.74, 6) is -1.57. The number of allylic oxidation sites excluding steroid dienone is 2. The molecule has 3 atom stereocenters. The normalized spacial score (nSPS) is 24.7. The Labute approximate surface area is 137 Å². The molecule has 2 aliphatic rings. The molecular formula is C15H18N4O3S. The number of hydrogen-bond acceptors (Lipinski definition) is 6. The van der Waals surface area contributed by atoms with E-state index >= 15 is 0 Å². The molecule has 1 N–H and O–H groups in total. The number of nitrogens with one attached hydrogen (secondary N) is 1. The predicted molar refractivity (Wildman–Crippen MR) is 84.6 cm³/mol. The van der Waals surface area contributed by atoms with Crippen LogP contribution in [0.4, 0.5) is 5.13 Å². The zero-order valence-electron chi connectivity index (χ0n) is 13.0. The first-order chi connectivity index (χ1) is 11.0. The lowest BCUT2D eigenvalue weighted by molar-refractivity contribution is -0.146. The number of carbonyl (C=O) groups is 3. The highest BCUT2D eigenvalue weighted by molar-refractivity contribution is 7.15. The summed E-state index contributed by atoms with van der Waals surface area (Å²) in [5.41, 5.74) is 0. The Morgan fingerprint density at radius 3 is 2.43 bits per heavy atom. The molecule has 8 heteroatoms. The van der Waals surface area contributed by atoms with Gasteiger partial charge in [-0.1, -0.05) is 30.4 Å². The zero-order chi connectivity index (χ0) is 16.6. The Balaban J connectivity index is 1.72. The number of imide groups is 1. The van der Waals surface area contributed by atoms with Crippen molar-refractivity contribution in [2.24, 2.45) is 11.8 Å². The molecule has 2 heterocycles. The van der Waals surface area contributed by atoms with Gasteiger partial charge in [0.25, 0.3) is 0 Å². The van der Waals surface area contributed by atoms with E-state index < -0.39 is 11.9 Å². The summed E-state index contributed by atoms with van der Waals surface area (Å²) >= 11 is 1.29. The second-order valence-corrected chi connectivity index (χ2v) is 6.78. The summed E-state index contributed by atoms with van der Waals surface area (Å²) in [5, 5.41) is 11.7. The van der Waals surface area contributed by atoms with Gasteiger partial charge in [-0.05, 0) is 26.2 Å². The molecule has 0 bridgehead atoms. The van der Waals surface area contributed by atoms with Crippen LogP contribution in [0, 0.1) is 11.8 Å². The number of nitrogens with zero attached hydrogens (tertiary/aromatic N) is 3. The zero-order valence-corrected chi connectivity index (χ0v) is 13.8. The summed E-state index contributed by atoms with van der Waals surface area (Å²) in [6.45, 7) is 3.52. The van der Waals surface area contributed by atoms with Crippen molar-refractivity contribution in [2.75, 3.05) is 5.32 Å². The van der Waals surface area contributed by atoms with Crippen molar-refractivity contribution >= 4 is 34.2 Å². The largest absolute Gasteiger partial charge is 0.299 e. The Bertz CT molecular complexity index is 658. The average Bonchev–Trinajstić information content (AvgIpc) is 3.11. The van der Waals surface area contributed by atoms with Crippen LogP contribution in [0.5, 0.6) is 0 Å². The SMILES string of the molecule is CCc1nnc(NC(=O)[C@H](C)N2C(=O)[C@@H]3CC=CC[C@H]3C2=O)s1. The van der Waals surface area contributed by atoms with Gasteiger partial charge in [-0.3, -0.25) is 24.6 Å². The van der Waals surface area contributed by atoms with Crippen molar-refractivity contribution in [3.8, 4) is 0 Å². The molecule has 1 fully saturated rings. The number of likely N-dealkylation sites (tertiary alicyclic amines) is 1. The van der Waals surface area contributed by atoms with E-state index in [9.17, 15) is 14.4 Å². The van der Waals surface area contributed by atoms with Crippen LogP contribution in [0.1, 0.15) is 31.7 Å². The van der Waals surface area contributed by atoms with Gasteiger partial charge in [-0.15, -0.1) is 10.2 Å². The summed E-state index contributed by atoms with van der Waals surface area (Å²) in [7, 11) is 0. The highest BCUT2D eigenvalue weighted by atomic mass is 32.1. The molecular weight excluding hydrogens is 316 g/mol. The number of amides is 3. The van der Waals surface area contributed by atoms with Crippen molar-refractivity contribution in [3.63, 3.8) is 0 Å². The van der Waals surface area contributed by atoms with Gasteiger partial charge in [0, 0.05) is 0 Å². The summed E-state index contributed by atoms with van der Waals surface area (Å²) < 4.78 is 0. The summed E-state index contributed by atoms with van der Waals surface area (Å²) in [6.07, 6.45) is 5.72. The maximum absolute atomic E-state index is 12.5. The maximum atomic E-state index is 12.5. The molecule has 122 valence electrons. The third-order valence-corrected chi connectivity index (χ3v) is 5.29. The van der Waals surface area contributed by atoms with E-state index in [1.54, 1.807) is 6.92 Å². The Hall–Kier alpha value is -2.09. The van der Waals surface area contributed by atoms with E-state index in [4.69, 9.17) is 0 Å². The van der Waals surface area contributed by atoms with Crippen LogP contribution in [0.3, 0.4) is 0 Å². The number of fused-ring (bicyclic) bond motifs is 1. The van der Waals surface area contributed by atoms with E-state index in [-0.39, 0.29) is 23.7 Å². The van der Waals surface area contributed by atoms with Gasteiger partial charge >= 0.3 is 0 Å². The highest BCUT2D eigenvalue weighted by Crippen LogP contribution is 2.36. The number of hydrogen-bond donors (Lipinski definition) is 1. The van der Waals surface area contributed by atoms with Gasteiger partial charge in [-0.2, -0.15) is 0 Å². The van der Waals surface area contributed by atoms with Crippen LogP contribution < -0.4 is 5.32 Å². The first-order valence-corrected chi connectivity index (χ1v) is 8.49. The molecule has 0 spiro atoms. The number of carbonyl (C=O) groups excluding carboxylic acids is 3. The minimum absolute atomic E-state index is 0.251. The smallest absolute Gasteiger partial charge is 0.249 e. The topological polar surface area (TPSA) is 92.3 Å². The van der Waals surface area contributed by atoms with Gasteiger partial charge in [0.15, 0.2) is 0 Å². The fourth-order valence-electron chi connectivity index (χ4n) is 2.98. The van der Waals surface area contributed by atoms with Crippen molar-refractivity contribution in [2.45, 2.75) is 39.2 Å². The van der Waals surface area contributed by atoms with Gasteiger partial charge in [0.1, 0.15) is 11.0 Å². The van der Waals surface area contributed by atoms with E-state index in [0.717, 1.165) is 16.3 Å². The van der Waals surface area contributed by atoms with Crippen LogP contribution in [-0.4, -0.2) is 38.9 Å². The quantitative estimate of drug-likeness (QED) is 0.663. The summed E-state index contributed by atoms with van der Waals surface area (Å²) in [4.78, 5) is 38.4. The lowest BCUT2D eigenvalue weighted by Gasteiger charge is -2.21. The fourth-order valence-corrected chi connectivity index (χ4v) is 3.66. The third kappa shape index (κ3) is 2.78. The molecule has 1 aromatic rings. The predicted octanol–water partition coefficient (Wildman–Crippen LogP) is 1.38. The molecule has 0 aromatic carbocycles. The monoisotopic (exact) mass is 334 g/mol. The standard InChI is InChI=1S/C15H18N4O3S/c1-3-11-17-18-15(23-11)16-12(20)8(2)19-13(21)9-6-4-5-7-10(9)14(19)22/h4-5,8-10H,3,6-7H2,1-2H3,(H,16,18,20)/t8-,9+,10+/m0/s1. The molecule has 1 saturated heterocycles. The molecule has 3 amide bonds. The molecule has 0 saturated carbocycles. The molecule has 3 rings (SSSR count). The fraction of sp³-hybridized carbons (Fsp3) is 0.533.